The van der Waals surface area contributed by atoms with E-state index in [0.29, 0.717) is 5.75 Å². The topological polar surface area (TPSA) is 32.6 Å². The standard InChI is InChI=1S/C12H17NO/c1-3-4-7-13-9-11-8-10(2)5-6-12(11)14/h5-6,8-9,14H,3-4,7H2,1-2H3. The third kappa shape index (κ3) is 3.21. The Kier molecular flexibility index (Phi) is 4.17. The molecule has 0 aliphatic heterocycles. The zero-order chi connectivity index (χ0) is 10.4. The highest BCUT2D eigenvalue weighted by Crippen LogP contribution is 2.15. The van der Waals surface area contributed by atoms with Crippen LogP contribution < -0.4 is 0 Å². The van der Waals surface area contributed by atoms with Crippen molar-refractivity contribution in [1.29, 1.82) is 0 Å². The monoisotopic (exact) mass is 191 g/mol. The highest BCUT2D eigenvalue weighted by molar-refractivity contribution is 5.83. The number of aromatic hydroxyl groups is 1. The largest absolute Gasteiger partial charge is 0.507 e. The molecule has 0 fully saturated rings. The summed E-state index contributed by atoms with van der Waals surface area (Å²) in [4.78, 5) is 4.25. The number of phenolic OH excluding ortho intramolecular Hbond substituents is 1. The first-order valence-corrected chi connectivity index (χ1v) is 5.03. The molecule has 0 radical (unpaired) electrons. The summed E-state index contributed by atoms with van der Waals surface area (Å²) < 4.78 is 0. The van der Waals surface area contributed by atoms with Crippen LogP contribution in [-0.4, -0.2) is 17.9 Å². The highest BCUT2D eigenvalue weighted by atomic mass is 16.3. The highest BCUT2D eigenvalue weighted by Gasteiger charge is 1.96. The second-order valence-electron chi connectivity index (χ2n) is 3.45. The maximum atomic E-state index is 9.50. The van der Waals surface area contributed by atoms with Gasteiger partial charge in [0.2, 0.25) is 0 Å². The normalized spacial score (nSPS) is 11.0. The van der Waals surface area contributed by atoms with Crippen molar-refractivity contribution < 1.29 is 5.11 Å². The number of hydrogen-bond acceptors (Lipinski definition) is 2. The lowest BCUT2D eigenvalue weighted by molar-refractivity contribution is 0.474. The van der Waals surface area contributed by atoms with Crippen LogP contribution in [0.25, 0.3) is 0 Å². The van der Waals surface area contributed by atoms with Gasteiger partial charge in [-0.1, -0.05) is 25.0 Å². The van der Waals surface area contributed by atoms with Gasteiger partial charge in [0.25, 0.3) is 0 Å². The van der Waals surface area contributed by atoms with Crippen molar-refractivity contribution in [2.45, 2.75) is 26.7 Å². The molecule has 0 saturated heterocycles. The molecule has 2 nitrogen and oxygen atoms in total. The van der Waals surface area contributed by atoms with Crippen LogP contribution in [0.1, 0.15) is 30.9 Å². The quantitative estimate of drug-likeness (QED) is 0.576. The van der Waals surface area contributed by atoms with Crippen molar-refractivity contribution in [2.75, 3.05) is 6.54 Å². The number of benzene rings is 1. The maximum absolute atomic E-state index is 9.50. The number of hydrogen-bond donors (Lipinski definition) is 1. The van der Waals surface area contributed by atoms with E-state index in [1.807, 2.05) is 19.1 Å². The summed E-state index contributed by atoms with van der Waals surface area (Å²) in [7, 11) is 0. The first-order valence-electron chi connectivity index (χ1n) is 5.03. The Hall–Kier alpha value is -1.31. The fraction of sp³-hybridized carbons (Fsp3) is 0.417. The van der Waals surface area contributed by atoms with Gasteiger partial charge in [-0.25, -0.2) is 0 Å². The zero-order valence-electron chi connectivity index (χ0n) is 8.83. The van der Waals surface area contributed by atoms with Crippen LogP contribution in [0.4, 0.5) is 0 Å². The summed E-state index contributed by atoms with van der Waals surface area (Å²) in [6, 6.07) is 5.53. The van der Waals surface area contributed by atoms with E-state index in [2.05, 4.69) is 11.9 Å². The molecule has 0 heterocycles. The third-order valence-corrected chi connectivity index (χ3v) is 2.05. The lowest BCUT2D eigenvalue weighted by Crippen LogP contribution is -1.86. The Balaban J connectivity index is 2.65. The third-order valence-electron chi connectivity index (χ3n) is 2.05. The van der Waals surface area contributed by atoms with Gasteiger partial charge in [-0.2, -0.15) is 0 Å². The van der Waals surface area contributed by atoms with E-state index in [1.165, 1.54) is 0 Å². The van der Waals surface area contributed by atoms with Crippen molar-refractivity contribution in [3.05, 3.63) is 29.3 Å². The molecule has 1 rings (SSSR count). The molecular weight excluding hydrogens is 174 g/mol. The molecule has 1 N–H and O–H groups in total. The van der Waals surface area contributed by atoms with E-state index in [4.69, 9.17) is 0 Å². The van der Waals surface area contributed by atoms with Gasteiger partial charge in [0.05, 0.1) is 0 Å². The molecule has 1 aromatic carbocycles. The van der Waals surface area contributed by atoms with E-state index < -0.39 is 0 Å². The van der Waals surface area contributed by atoms with Gasteiger partial charge in [-0.3, -0.25) is 4.99 Å². The first-order chi connectivity index (χ1) is 6.74. The summed E-state index contributed by atoms with van der Waals surface area (Å²) >= 11 is 0. The molecule has 1 aromatic rings. The van der Waals surface area contributed by atoms with Crippen molar-refractivity contribution in [3.8, 4) is 5.75 Å². The average molecular weight is 191 g/mol. The minimum atomic E-state index is 0.302. The Labute approximate surface area is 85.3 Å². The molecular formula is C12H17NO. The molecule has 0 saturated carbocycles. The summed E-state index contributed by atoms with van der Waals surface area (Å²) in [5.41, 5.74) is 1.95. The molecule has 0 aliphatic rings. The van der Waals surface area contributed by atoms with Gasteiger partial charge < -0.3 is 5.11 Å². The zero-order valence-corrected chi connectivity index (χ0v) is 8.83. The van der Waals surface area contributed by atoms with Crippen molar-refractivity contribution in [3.63, 3.8) is 0 Å². The van der Waals surface area contributed by atoms with Crippen LogP contribution >= 0.6 is 0 Å². The number of aliphatic imine (C=N–C) groups is 1. The molecule has 14 heavy (non-hydrogen) atoms. The van der Waals surface area contributed by atoms with Crippen LogP contribution in [0, 0.1) is 6.92 Å². The minimum Gasteiger partial charge on any atom is -0.507 e. The SMILES string of the molecule is CCCCN=Cc1cc(C)ccc1O. The minimum absolute atomic E-state index is 0.302. The van der Waals surface area contributed by atoms with E-state index in [0.717, 1.165) is 30.5 Å². The number of aryl methyl sites for hydroxylation is 1. The Morgan fingerprint density at radius 2 is 2.21 bits per heavy atom. The van der Waals surface area contributed by atoms with Gasteiger partial charge in [0.15, 0.2) is 0 Å². The van der Waals surface area contributed by atoms with Gasteiger partial charge >= 0.3 is 0 Å². The Morgan fingerprint density at radius 1 is 1.43 bits per heavy atom. The molecule has 76 valence electrons. The first kappa shape index (κ1) is 10.8. The van der Waals surface area contributed by atoms with Crippen LogP contribution in [-0.2, 0) is 0 Å². The molecule has 0 spiro atoms. The van der Waals surface area contributed by atoms with Crippen molar-refractivity contribution >= 4 is 6.21 Å². The van der Waals surface area contributed by atoms with Crippen LogP contribution in [0.5, 0.6) is 5.75 Å². The van der Waals surface area contributed by atoms with Gasteiger partial charge in [0, 0.05) is 18.3 Å². The number of nitrogens with zero attached hydrogens (tertiary/aromatic N) is 1. The van der Waals surface area contributed by atoms with Crippen LogP contribution in [0.2, 0.25) is 0 Å². The summed E-state index contributed by atoms with van der Waals surface area (Å²) in [5.74, 6) is 0.302. The maximum Gasteiger partial charge on any atom is 0.124 e. The molecule has 0 aliphatic carbocycles. The number of unbranched alkanes of at least 4 members (excludes halogenated alkanes) is 1. The number of rotatable bonds is 4. The fourth-order valence-electron chi connectivity index (χ4n) is 1.19. The van der Waals surface area contributed by atoms with E-state index in [9.17, 15) is 5.11 Å². The lowest BCUT2D eigenvalue weighted by Gasteiger charge is -1.99. The van der Waals surface area contributed by atoms with E-state index in [-0.39, 0.29) is 0 Å². The summed E-state index contributed by atoms with van der Waals surface area (Å²) in [6.07, 6.45) is 4.00. The van der Waals surface area contributed by atoms with Crippen LogP contribution in [0.15, 0.2) is 23.2 Å². The smallest absolute Gasteiger partial charge is 0.124 e. The molecule has 0 unspecified atom stereocenters. The summed E-state index contributed by atoms with van der Waals surface area (Å²) in [6.45, 7) is 4.98. The average Bonchev–Trinajstić information content (AvgIpc) is 2.18. The van der Waals surface area contributed by atoms with E-state index in [1.54, 1.807) is 12.3 Å². The lowest BCUT2D eigenvalue weighted by atomic mass is 10.1. The molecule has 0 atom stereocenters. The van der Waals surface area contributed by atoms with Gasteiger partial charge in [-0.05, 0) is 25.5 Å². The van der Waals surface area contributed by atoms with Gasteiger partial charge in [0.1, 0.15) is 5.75 Å². The van der Waals surface area contributed by atoms with Crippen LogP contribution in [0.3, 0.4) is 0 Å². The molecule has 0 aromatic heterocycles. The fourth-order valence-corrected chi connectivity index (χ4v) is 1.19. The Morgan fingerprint density at radius 3 is 2.93 bits per heavy atom. The number of phenols is 1. The summed E-state index contributed by atoms with van der Waals surface area (Å²) in [5, 5.41) is 9.50. The molecule has 0 bridgehead atoms. The molecule has 2 heteroatoms. The predicted octanol–water partition coefficient (Wildman–Crippen LogP) is 2.92. The predicted molar refractivity (Wildman–Crippen MR) is 60.2 cm³/mol. The Bertz CT molecular complexity index is 318. The van der Waals surface area contributed by atoms with Gasteiger partial charge in [-0.15, -0.1) is 0 Å². The molecule has 0 amide bonds. The second-order valence-corrected chi connectivity index (χ2v) is 3.45. The van der Waals surface area contributed by atoms with Crippen molar-refractivity contribution in [2.24, 2.45) is 4.99 Å². The second kappa shape index (κ2) is 5.43. The van der Waals surface area contributed by atoms with Crippen molar-refractivity contribution in [1.82, 2.24) is 0 Å². The van der Waals surface area contributed by atoms with E-state index >= 15 is 0 Å².